The van der Waals surface area contributed by atoms with Crippen molar-refractivity contribution in [3.8, 4) is 0 Å². The topological polar surface area (TPSA) is 50.3 Å². The molecule has 1 amide bonds. The number of carbonyl (C=O) groups is 2. The van der Waals surface area contributed by atoms with Crippen LogP contribution >= 0.6 is 23.1 Å². The first-order valence-electron chi connectivity index (χ1n) is 5.94. The second-order valence-corrected chi connectivity index (χ2v) is 6.56. The monoisotopic (exact) mass is 284 g/mol. The molecule has 0 saturated carbocycles. The lowest BCUT2D eigenvalue weighted by atomic mass is 10.1. The van der Waals surface area contributed by atoms with Gasteiger partial charge >= 0.3 is 0 Å². The molecule has 0 radical (unpaired) electrons. The van der Waals surface area contributed by atoms with Crippen molar-refractivity contribution in [1.82, 2.24) is 9.88 Å². The van der Waals surface area contributed by atoms with Crippen LogP contribution in [0, 0.1) is 5.92 Å². The molecule has 1 saturated heterocycles. The third kappa shape index (κ3) is 3.81. The Labute approximate surface area is 115 Å². The smallest absolute Gasteiger partial charge is 0.222 e. The van der Waals surface area contributed by atoms with Crippen LogP contribution in [0.4, 0.5) is 0 Å². The van der Waals surface area contributed by atoms with Crippen LogP contribution < -0.4 is 0 Å². The van der Waals surface area contributed by atoms with Gasteiger partial charge in [0.1, 0.15) is 0 Å². The number of thiazole rings is 1. The predicted octanol–water partition coefficient (Wildman–Crippen LogP) is 1.81. The minimum atomic E-state index is 0.128. The second kappa shape index (κ2) is 6.33. The van der Waals surface area contributed by atoms with E-state index in [1.54, 1.807) is 24.5 Å². The molecule has 18 heavy (non-hydrogen) atoms. The summed E-state index contributed by atoms with van der Waals surface area (Å²) in [4.78, 5) is 28.8. The number of thioether (sulfide) groups is 1. The molecule has 1 atom stereocenters. The quantitative estimate of drug-likeness (QED) is 0.827. The Morgan fingerprint density at radius 3 is 3.17 bits per heavy atom. The number of aromatic nitrogens is 1. The van der Waals surface area contributed by atoms with Crippen molar-refractivity contribution in [1.29, 1.82) is 0 Å². The summed E-state index contributed by atoms with van der Waals surface area (Å²) in [5.74, 6) is 1.29. The van der Waals surface area contributed by atoms with Crippen molar-refractivity contribution in [3.05, 3.63) is 16.6 Å². The average Bonchev–Trinajstić information content (AvgIpc) is 2.93. The highest BCUT2D eigenvalue weighted by atomic mass is 32.2. The van der Waals surface area contributed by atoms with Crippen molar-refractivity contribution < 1.29 is 9.59 Å². The normalized spacial score (nSPS) is 19.5. The summed E-state index contributed by atoms with van der Waals surface area (Å²) in [5, 5.41) is 3.15. The van der Waals surface area contributed by atoms with Gasteiger partial charge in [-0.1, -0.05) is 11.8 Å². The standard InChI is InChI=1S/C12H16N2O2S2/c1-9(15)18-8-10-6-12(16)14(7-10)4-2-11-13-3-5-17-11/h3,5,10H,2,4,6-8H2,1H3. The number of amides is 1. The number of rotatable bonds is 5. The zero-order valence-corrected chi connectivity index (χ0v) is 11.9. The predicted molar refractivity (Wildman–Crippen MR) is 73.6 cm³/mol. The van der Waals surface area contributed by atoms with Gasteiger partial charge in [0.15, 0.2) is 5.12 Å². The molecule has 0 N–H and O–H groups in total. The fourth-order valence-electron chi connectivity index (χ4n) is 2.02. The van der Waals surface area contributed by atoms with E-state index in [1.165, 1.54) is 11.8 Å². The SMILES string of the molecule is CC(=O)SCC1CC(=O)N(CCc2nccs2)C1. The summed E-state index contributed by atoms with van der Waals surface area (Å²) >= 11 is 2.95. The highest BCUT2D eigenvalue weighted by molar-refractivity contribution is 8.13. The summed E-state index contributed by atoms with van der Waals surface area (Å²) in [7, 11) is 0. The first-order valence-corrected chi connectivity index (χ1v) is 7.81. The third-order valence-corrected chi connectivity index (χ3v) is 4.78. The fourth-order valence-corrected chi connectivity index (χ4v) is 3.33. The van der Waals surface area contributed by atoms with Crippen LogP contribution in [0.15, 0.2) is 11.6 Å². The van der Waals surface area contributed by atoms with Crippen LogP contribution in [0.1, 0.15) is 18.4 Å². The van der Waals surface area contributed by atoms with Crippen molar-refractivity contribution in [2.45, 2.75) is 19.8 Å². The highest BCUT2D eigenvalue weighted by Gasteiger charge is 2.29. The molecule has 1 aromatic rings. The van der Waals surface area contributed by atoms with Gasteiger partial charge in [0.2, 0.25) is 5.91 Å². The molecule has 98 valence electrons. The van der Waals surface area contributed by atoms with Crippen LogP contribution in [0.3, 0.4) is 0 Å². The molecule has 0 aliphatic carbocycles. The molecule has 1 fully saturated rings. The van der Waals surface area contributed by atoms with Crippen LogP contribution in [0.5, 0.6) is 0 Å². The van der Waals surface area contributed by atoms with Crippen molar-refractivity contribution in [2.24, 2.45) is 5.92 Å². The van der Waals surface area contributed by atoms with E-state index < -0.39 is 0 Å². The minimum Gasteiger partial charge on any atom is -0.342 e. The molecule has 1 aliphatic rings. The maximum absolute atomic E-state index is 11.8. The summed E-state index contributed by atoms with van der Waals surface area (Å²) in [6.45, 7) is 3.10. The maximum atomic E-state index is 11.8. The first kappa shape index (κ1) is 13.5. The Balaban J connectivity index is 1.76. The van der Waals surface area contributed by atoms with Gasteiger partial charge in [-0.15, -0.1) is 11.3 Å². The van der Waals surface area contributed by atoms with Gasteiger partial charge in [0, 0.05) is 50.2 Å². The molecule has 1 unspecified atom stereocenters. The van der Waals surface area contributed by atoms with Gasteiger partial charge in [0.05, 0.1) is 5.01 Å². The van der Waals surface area contributed by atoms with E-state index in [4.69, 9.17) is 0 Å². The number of hydrogen-bond donors (Lipinski definition) is 0. The zero-order valence-electron chi connectivity index (χ0n) is 10.3. The third-order valence-electron chi connectivity index (χ3n) is 2.90. The Morgan fingerprint density at radius 1 is 1.67 bits per heavy atom. The van der Waals surface area contributed by atoms with Gasteiger partial charge in [0.25, 0.3) is 0 Å². The molecule has 2 rings (SSSR count). The van der Waals surface area contributed by atoms with Crippen LogP contribution in [-0.2, 0) is 16.0 Å². The minimum absolute atomic E-state index is 0.128. The van der Waals surface area contributed by atoms with E-state index in [2.05, 4.69) is 4.98 Å². The van der Waals surface area contributed by atoms with Crippen molar-refractivity contribution >= 4 is 34.1 Å². The first-order chi connectivity index (χ1) is 8.65. The average molecular weight is 284 g/mol. The number of nitrogens with zero attached hydrogens (tertiary/aromatic N) is 2. The van der Waals surface area contributed by atoms with Crippen molar-refractivity contribution in [3.63, 3.8) is 0 Å². The summed E-state index contributed by atoms with van der Waals surface area (Å²) < 4.78 is 0. The van der Waals surface area contributed by atoms with Crippen molar-refractivity contribution in [2.75, 3.05) is 18.8 Å². The fraction of sp³-hybridized carbons (Fsp3) is 0.583. The van der Waals surface area contributed by atoms with E-state index in [1.807, 2.05) is 10.3 Å². The lowest BCUT2D eigenvalue weighted by Gasteiger charge is -2.15. The lowest BCUT2D eigenvalue weighted by molar-refractivity contribution is -0.127. The summed E-state index contributed by atoms with van der Waals surface area (Å²) in [6.07, 6.45) is 3.20. The van der Waals surface area contributed by atoms with Gasteiger partial charge in [-0.2, -0.15) is 0 Å². The largest absolute Gasteiger partial charge is 0.342 e. The molecule has 4 nitrogen and oxygen atoms in total. The molecular weight excluding hydrogens is 268 g/mol. The number of likely N-dealkylation sites (tertiary alicyclic amines) is 1. The van der Waals surface area contributed by atoms with E-state index in [0.717, 1.165) is 30.3 Å². The zero-order chi connectivity index (χ0) is 13.0. The van der Waals surface area contributed by atoms with E-state index in [9.17, 15) is 9.59 Å². The molecule has 0 bridgehead atoms. The summed E-state index contributed by atoms with van der Waals surface area (Å²) in [6, 6.07) is 0. The van der Waals surface area contributed by atoms with E-state index in [0.29, 0.717) is 12.3 Å². The lowest BCUT2D eigenvalue weighted by Crippen LogP contribution is -2.27. The van der Waals surface area contributed by atoms with Crippen LogP contribution in [0.2, 0.25) is 0 Å². The van der Waals surface area contributed by atoms with E-state index >= 15 is 0 Å². The Kier molecular flexibility index (Phi) is 4.77. The Hall–Kier alpha value is -0.880. The Morgan fingerprint density at radius 2 is 2.50 bits per heavy atom. The molecule has 0 spiro atoms. The summed E-state index contributed by atoms with van der Waals surface area (Å²) in [5.41, 5.74) is 0. The molecule has 0 aromatic carbocycles. The molecule has 1 aromatic heterocycles. The number of hydrogen-bond acceptors (Lipinski definition) is 5. The van der Waals surface area contributed by atoms with Crippen LogP contribution in [0.25, 0.3) is 0 Å². The highest BCUT2D eigenvalue weighted by Crippen LogP contribution is 2.22. The van der Waals surface area contributed by atoms with Crippen LogP contribution in [-0.4, -0.2) is 39.7 Å². The van der Waals surface area contributed by atoms with E-state index in [-0.39, 0.29) is 11.0 Å². The van der Waals surface area contributed by atoms with Gasteiger partial charge in [-0.25, -0.2) is 4.98 Å². The van der Waals surface area contributed by atoms with Gasteiger partial charge in [-0.3, -0.25) is 9.59 Å². The Bertz CT molecular complexity index is 420. The van der Waals surface area contributed by atoms with Gasteiger partial charge in [-0.05, 0) is 5.92 Å². The molecule has 6 heteroatoms. The second-order valence-electron chi connectivity index (χ2n) is 4.39. The maximum Gasteiger partial charge on any atom is 0.222 e. The number of carbonyl (C=O) groups excluding carboxylic acids is 2. The molecule has 2 heterocycles. The molecule has 1 aliphatic heterocycles. The van der Waals surface area contributed by atoms with Gasteiger partial charge < -0.3 is 4.90 Å². The molecular formula is C12H16N2O2S2.